The number of pyridine rings is 1. The zero-order valence-corrected chi connectivity index (χ0v) is 7.23. The number of amides is 2. The average Bonchev–Trinajstić information content (AvgIpc) is 2.15. The molecule has 74 valence electrons. The molecule has 4 N–H and O–H groups in total. The summed E-state index contributed by atoms with van der Waals surface area (Å²) in [6, 6.07) is 1.34. The molecule has 0 aliphatic rings. The van der Waals surface area contributed by atoms with E-state index >= 15 is 0 Å². The van der Waals surface area contributed by atoms with Crippen LogP contribution in [0.4, 0.5) is 0 Å². The fourth-order valence-electron chi connectivity index (χ4n) is 0.841. The quantitative estimate of drug-likeness (QED) is 0.575. The number of primary amides is 1. The lowest BCUT2D eigenvalue weighted by molar-refractivity contribution is -0.117. The van der Waals surface area contributed by atoms with Crippen molar-refractivity contribution in [2.45, 2.75) is 0 Å². The van der Waals surface area contributed by atoms with Crippen molar-refractivity contribution in [2.75, 3.05) is 6.54 Å². The number of carbonyl (C=O) groups excluding carboxylic acids is 2. The molecule has 1 aromatic rings. The van der Waals surface area contributed by atoms with Gasteiger partial charge in [0.05, 0.1) is 18.3 Å². The van der Waals surface area contributed by atoms with E-state index in [0.29, 0.717) is 0 Å². The van der Waals surface area contributed by atoms with E-state index in [0.717, 1.165) is 6.20 Å². The smallest absolute Gasteiger partial charge is 0.255 e. The summed E-state index contributed by atoms with van der Waals surface area (Å²) in [4.78, 5) is 25.2. The number of carbonyl (C=O) groups is 2. The van der Waals surface area contributed by atoms with Gasteiger partial charge in [-0.05, 0) is 6.07 Å². The Kier molecular flexibility index (Phi) is 3.01. The van der Waals surface area contributed by atoms with Crippen LogP contribution in [-0.4, -0.2) is 28.4 Å². The van der Waals surface area contributed by atoms with E-state index in [-0.39, 0.29) is 17.9 Å². The van der Waals surface area contributed by atoms with Crippen LogP contribution in [0.1, 0.15) is 10.4 Å². The monoisotopic (exact) mass is 195 g/mol. The topological polar surface area (TPSA) is 105 Å². The number of aromatic hydroxyl groups is 1. The highest BCUT2D eigenvalue weighted by molar-refractivity contribution is 5.98. The van der Waals surface area contributed by atoms with Crippen molar-refractivity contribution in [3.8, 4) is 5.75 Å². The van der Waals surface area contributed by atoms with Crippen LogP contribution in [0.3, 0.4) is 0 Å². The standard InChI is InChI=1S/C8H9N3O3/c9-7(13)4-11-8(14)5-1-2-10-3-6(5)12/h1-3,12H,4H2,(H2,9,13)(H,11,14). The van der Waals surface area contributed by atoms with E-state index in [1.165, 1.54) is 12.3 Å². The van der Waals surface area contributed by atoms with Gasteiger partial charge in [-0.3, -0.25) is 14.6 Å². The molecule has 1 aromatic heterocycles. The number of hydrogen-bond donors (Lipinski definition) is 3. The summed E-state index contributed by atoms with van der Waals surface area (Å²) in [5.74, 6) is -1.45. The zero-order chi connectivity index (χ0) is 10.6. The highest BCUT2D eigenvalue weighted by Crippen LogP contribution is 2.12. The van der Waals surface area contributed by atoms with Crippen molar-refractivity contribution < 1.29 is 14.7 Å². The molecule has 0 bridgehead atoms. The molecule has 0 atom stereocenters. The Labute approximate surface area is 79.8 Å². The number of nitrogens with zero attached hydrogens (tertiary/aromatic N) is 1. The normalized spacial score (nSPS) is 9.43. The predicted octanol–water partition coefficient (Wildman–Crippen LogP) is -0.998. The first kappa shape index (κ1) is 9.97. The van der Waals surface area contributed by atoms with E-state index in [9.17, 15) is 14.7 Å². The van der Waals surface area contributed by atoms with Gasteiger partial charge >= 0.3 is 0 Å². The van der Waals surface area contributed by atoms with Gasteiger partial charge in [0.1, 0.15) is 5.75 Å². The molecule has 6 nitrogen and oxygen atoms in total. The maximum atomic E-state index is 11.3. The van der Waals surface area contributed by atoms with Crippen molar-refractivity contribution >= 4 is 11.8 Å². The lowest BCUT2D eigenvalue weighted by atomic mass is 10.2. The highest BCUT2D eigenvalue weighted by atomic mass is 16.3. The Balaban J connectivity index is 2.70. The molecule has 0 aliphatic carbocycles. The van der Waals surface area contributed by atoms with Gasteiger partial charge in [-0.25, -0.2) is 0 Å². The fourth-order valence-corrected chi connectivity index (χ4v) is 0.841. The van der Waals surface area contributed by atoms with Crippen LogP contribution in [0.25, 0.3) is 0 Å². The van der Waals surface area contributed by atoms with Crippen LogP contribution in [0.2, 0.25) is 0 Å². The Hall–Kier alpha value is -2.11. The van der Waals surface area contributed by atoms with Crippen LogP contribution in [0.5, 0.6) is 5.75 Å². The third-order valence-electron chi connectivity index (χ3n) is 1.47. The van der Waals surface area contributed by atoms with Gasteiger partial charge in [0.2, 0.25) is 5.91 Å². The molecule has 1 rings (SSSR count). The summed E-state index contributed by atoms with van der Waals surface area (Å²) in [6.07, 6.45) is 2.50. The molecule has 0 fully saturated rings. The minimum absolute atomic E-state index is 0.0567. The number of rotatable bonds is 3. The largest absolute Gasteiger partial charge is 0.505 e. The molecule has 0 radical (unpaired) electrons. The summed E-state index contributed by atoms with van der Waals surface area (Å²) in [5.41, 5.74) is 4.89. The summed E-state index contributed by atoms with van der Waals surface area (Å²) in [7, 11) is 0. The third kappa shape index (κ3) is 2.44. The molecule has 0 spiro atoms. The van der Waals surface area contributed by atoms with Gasteiger partial charge in [-0.15, -0.1) is 0 Å². The first-order valence-corrected chi connectivity index (χ1v) is 3.80. The van der Waals surface area contributed by atoms with Crippen LogP contribution < -0.4 is 11.1 Å². The van der Waals surface area contributed by atoms with Crippen LogP contribution in [0, 0.1) is 0 Å². The van der Waals surface area contributed by atoms with E-state index in [2.05, 4.69) is 10.3 Å². The lowest BCUT2D eigenvalue weighted by Gasteiger charge is -2.03. The van der Waals surface area contributed by atoms with Crippen LogP contribution in [0.15, 0.2) is 18.5 Å². The number of aromatic nitrogens is 1. The number of hydrogen-bond acceptors (Lipinski definition) is 4. The first-order chi connectivity index (χ1) is 6.61. The maximum absolute atomic E-state index is 11.3. The minimum atomic E-state index is -0.646. The van der Waals surface area contributed by atoms with Gasteiger partial charge in [-0.2, -0.15) is 0 Å². The molecule has 0 saturated heterocycles. The second-order valence-electron chi connectivity index (χ2n) is 2.54. The SMILES string of the molecule is NC(=O)CNC(=O)c1ccncc1O. The Morgan fingerprint density at radius 3 is 2.86 bits per heavy atom. The molecule has 14 heavy (non-hydrogen) atoms. The molecule has 0 aliphatic heterocycles. The van der Waals surface area contributed by atoms with E-state index in [4.69, 9.17) is 5.73 Å². The molecule has 0 saturated carbocycles. The van der Waals surface area contributed by atoms with E-state index in [1.807, 2.05) is 0 Å². The van der Waals surface area contributed by atoms with Gasteiger partial charge in [0.25, 0.3) is 5.91 Å². The second-order valence-corrected chi connectivity index (χ2v) is 2.54. The highest BCUT2D eigenvalue weighted by Gasteiger charge is 2.10. The second kappa shape index (κ2) is 4.22. The van der Waals surface area contributed by atoms with Crippen molar-refractivity contribution in [3.05, 3.63) is 24.0 Å². The Morgan fingerprint density at radius 1 is 1.57 bits per heavy atom. The lowest BCUT2D eigenvalue weighted by Crippen LogP contribution is -2.33. The minimum Gasteiger partial charge on any atom is -0.505 e. The Morgan fingerprint density at radius 2 is 2.29 bits per heavy atom. The van der Waals surface area contributed by atoms with Crippen LogP contribution in [-0.2, 0) is 4.79 Å². The van der Waals surface area contributed by atoms with Gasteiger partial charge in [0.15, 0.2) is 0 Å². The number of nitrogens with two attached hydrogens (primary N) is 1. The summed E-state index contributed by atoms with van der Waals surface area (Å²) in [6.45, 7) is -0.263. The van der Waals surface area contributed by atoms with Crippen LogP contribution >= 0.6 is 0 Å². The van der Waals surface area contributed by atoms with Crippen molar-refractivity contribution in [1.82, 2.24) is 10.3 Å². The van der Waals surface area contributed by atoms with Crippen molar-refractivity contribution in [1.29, 1.82) is 0 Å². The molecular formula is C8H9N3O3. The maximum Gasteiger partial charge on any atom is 0.255 e. The summed E-state index contributed by atoms with van der Waals surface area (Å²) >= 11 is 0. The molecule has 1 heterocycles. The predicted molar refractivity (Wildman–Crippen MR) is 47.4 cm³/mol. The molecule has 2 amide bonds. The zero-order valence-electron chi connectivity index (χ0n) is 7.23. The number of nitrogens with one attached hydrogen (secondary N) is 1. The van der Waals surface area contributed by atoms with Gasteiger partial charge in [0, 0.05) is 6.20 Å². The summed E-state index contributed by atoms with van der Waals surface area (Å²) in [5, 5.41) is 11.4. The van der Waals surface area contributed by atoms with Crippen molar-refractivity contribution in [3.63, 3.8) is 0 Å². The van der Waals surface area contributed by atoms with E-state index < -0.39 is 11.8 Å². The summed E-state index contributed by atoms with van der Waals surface area (Å²) < 4.78 is 0. The Bertz CT molecular complexity index is 365. The average molecular weight is 195 g/mol. The van der Waals surface area contributed by atoms with Crippen molar-refractivity contribution in [2.24, 2.45) is 5.73 Å². The molecule has 0 aromatic carbocycles. The molecular weight excluding hydrogens is 186 g/mol. The third-order valence-corrected chi connectivity index (χ3v) is 1.47. The molecule has 6 heteroatoms. The van der Waals surface area contributed by atoms with Gasteiger partial charge < -0.3 is 16.2 Å². The van der Waals surface area contributed by atoms with Gasteiger partial charge in [-0.1, -0.05) is 0 Å². The molecule has 0 unspecified atom stereocenters. The first-order valence-electron chi connectivity index (χ1n) is 3.80. The fraction of sp³-hybridized carbons (Fsp3) is 0.125. The van der Waals surface area contributed by atoms with E-state index in [1.54, 1.807) is 0 Å².